The predicted molar refractivity (Wildman–Crippen MR) is 57.7 cm³/mol. The van der Waals surface area contributed by atoms with E-state index in [9.17, 15) is 9.59 Å². The molecule has 5 nitrogen and oxygen atoms in total. The van der Waals surface area contributed by atoms with Crippen molar-refractivity contribution in [1.82, 2.24) is 4.90 Å². The lowest BCUT2D eigenvalue weighted by Crippen LogP contribution is -2.56. The number of carboxylic acid groups (broad SMARTS) is 1. The number of nitrogens with zero attached hydrogens (tertiary/aromatic N) is 1. The molecule has 16 heavy (non-hydrogen) atoms. The van der Waals surface area contributed by atoms with E-state index < -0.39 is 18.1 Å². The number of rotatable bonds is 1. The molecule has 90 valence electrons. The Kier molecular flexibility index (Phi) is 3.14. The molecule has 2 rings (SSSR count). The van der Waals surface area contributed by atoms with Gasteiger partial charge in [0.05, 0.1) is 6.04 Å². The number of carbonyl (C=O) groups excluding carboxylic acids is 1. The fourth-order valence-corrected chi connectivity index (χ4v) is 2.83. The molecule has 0 aromatic heterocycles. The Bertz CT molecular complexity index is 306. The summed E-state index contributed by atoms with van der Waals surface area (Å²) in [6.45, 7) is 0. The van der Waals surface area contributed by atoms with Crippen LogP contribution in [0.1, 0.15) is 38.5 Å². The second-order valence-corrected chi connectivity index (χ2v) is 4.72. The third kappa shape index (κ3) is 1.91. The number of piperidine rings is 1. The molecule has 2 saturated heterocycles. The second-order valence-electron chi connectivity index (χ2n) is 4.72. The van der Waals surface area contributed by atoms with Gasteiger partial charge in [0.1, 0.15) is 6.04 Å². The number of carbonyl (C=O) groups is 2. The number of aliphatic carboxylic acids is 1. The highest BCUT2D eigenvalue weighted by Gasteiger charge is 2.41. The van der Waals surface area contributed by atoms with Gasteiger partial charge in [-0.3, -0.25) is 4.79 Å². The van der Waals surface area contributed by atoms with Crippen LogP contribution < -0.4 is 5.73 Å². The lowest BCUT2D eigenvalue weighted by atomic mass is 9.93. The van der Waals surface area contributed by atoms with Gasteiger partial charge in [-0.2, -0.15) is 0 Å². The van der Waals surface area contributed by atoms with E-state index in [1.165, 1.54) is 0 Å². The third-order valence-electron chi connectivity index (χ3n) is 3.65. The number of hydrogen-bond donors (Lipinski definition) is 2. The van der Waals surface area contributed by atoms with Crippen molar-refractivity contribution in [2.45, 2.75) is 56.7 Å². The van der Waals surface area contributed by atoms with Crippen LogP contribution in [0.5, 0.6) is 0 Å². The molecule has 0 aliphatic carbocycles. The summed E-state index contributed by atoms with van der Waals surface area (Å²) in [7, 11) is 0. The summed E-state index contributed by atoms with van der Waals surface area (Å²) in [5, 5.41) is 9.14. The van der Waals surface area contributed by atoms with Crippen LogP contribution in [0.2, 0.25) is 0 Å². The number of nitrogens with two attached hydrogens (primary N) is 1. The first-order valence-corrected chi connectivity index (χ1v) is 5.92. The molecule has 2 aliphatic heterocycles. The second kappa shape index (κ2) is 4.41. The van der Waals surface area contributed by atoms with E-state index in [4.69, 9.17) is 10.8 Å². The third-order valence-corrected chi connectivity index (χ3v) is 3.65. The topological polar surface area (TPSA) is 83.6 Å². The summed E-state index contributed by atoms with van der Waals surface area (Å²) >= 11 is 0. The summed E-state index contributed by atoms with van der Waals surface area (Å²) in [6, 6.07) is -1.07. The quantitative estimate of drug-likeness (QED) is 0.675. The lowest BCUT2D eigenvalue weighted by molar-refractivity contribution is -0.155. The van der Waals surface area contributed by atoms with Crippen LogP contribution in [-0.4, -0.2) is 40.0 Å². The maximum atomic E-state index is 12.0. The van der Waals surface area contributed by atoms with Crippen LogP contribution in [0, 0.1) is 0 Å². The van der Waals surface area contributed by atoms with Crippen LogP contribution in [0.15, 0.2) is 0 Å². The highest BCUT2D eigenvalue weighted by Crippen LogP contribution is 2.29. The van der Waals surface area contributed by atoms with Crippen molar-refractivity contribution in [3.63, 3.8) is 0 Å². The molecule has 0 bridgehead atoms. The molecule has 3 N–H and O–H groups in total. The van der Waals surface area contributed by atoms with Gasteiger partial charge in [0.25, 0.3) is 0 Å². The lowest BCUT2D eigenvalue weighted by Gasteiger charge is -2.39. The van der Waals surface area contributed by atoms with Crippen molar-refractivity contribution in [1.29, 1.82) is 0 Å². The zero-order chi connectivity index (χ0) is 11.7. The number of hydrogen-bond acceptors (Lipinski definition) is 3. The van der Waals surface area contributed by atoms with E-state index in [1.807, 2.05) is 0 Å². The molecule has 2 heterocycles. The number of amides is 1. The molecule has 1 amide bonds. The highest BCUT2D eigenvalue weighted by molar-refractivity contribution is 5.87. The van der Waals surface area contributed by atoms with E-state index in [1.54, 1.807) is 4.90 Å². The van der Waals surface area contributed by atoms with Crippen molar-refractivity contribution >= 4 is 11.9 Å². The molecule has 0 aromatic carbocycles. The number of carboxylic acids is 1. The molecule has 0 spiro atoms. The maximum Gasteiger partial charge on any atom is 0.326 e. The molecule has 3 atom stereocenters. The van der Waals surface area contributed by atoms with Crippen LogP contribution in [0.25, 0.3) is 0 Å². The van der Waals surface area contributed by atoms with Gasteiger partial charge in [0.2, 0.25) is 5.91 Å². The minimum atomic E-state index is -0.896. The summed E-state index contributed by atoms with van der Waals surface area (Å²) in [4.78, 5) is 24.7. The average molecular weight is 226 g/mol. The molecule has 0 saturated carbocycles. The largest absolute Gasteiger partial charge is 0.480 e. The fraction of sp³-hybridized carbons (Fsp3) is 0.818. The van der Waals surface area contributed by atoms with Gasteiger partial charge >= 0.3 is 5.97 Å². The summed E-state index contributed by atoms with van der Waals surface area (Å²) in [5.41, 5.74) is 5.76. The monoisotopic (exact) mass is 226 g/mol. The van der Waals surface area contributed by atoms with Crippen LogP contribution in [0.3, 0.4) is 0 Å². The molecular weight excluding hydrogens is 208 g/mol. The Hall–Kier alpha value is -1.10. The van der Waals surface area contributed by atoms with Crippen LogP contribution in [-0.2, 0) is 9.59 Å². The molecule has 2 fully saturated rings. The minimum Gasteiger partial charge on any atom is -0.480 e. The van der Waals surface area contributed by atoms with Gasteiger partial charge in [0, 0.05) is 6.04 Å². The number of fused-ring (bicyclic) bond motifs is 1. The zero-order valence-electron chi connectivity index (χ0n) is 9.26. The van der Waals surface area contributed by atoms with Crippen molar-refractivity contribution < 1.29 is 14.7 Å². The Morgan fingerprint density at radius 3 is 2.50 bits per heavy atom. The van der Waals surface area contributed by atoms with Gasteiger partial charge < -0.3 is 15.7 Å². The molecule has 5 heteroatoms. The summed E-state index contributed by atoms with van der Waals surface area (Å²) in [6.07, 6.45) is 4.86. The van der Waals surface area contributed by atoms with Crippen LogP contribution >= 0.6 is 0 Å². The van der Waals surface area contributed by atoms with E-state index in [-0.39, 0.29) is 11.9 Å². The molecule has 0 unspecified atom stereocenters. The van der Waals surface area contributed by atoms with Gasteiger partial charge in [-0.05, 0) is 38.5 Å². The Morgan fingerprint density at radius 1 is 1.25 bits per heavy atom. The van der Waals surface area contributed by atoms with Gasteiger partial charge in [-0.1, -0.05) is 0 Å². The van der Waals surface area contributed by atoms with Crippen molar-refractivity contribution in [2.24, 2.45) is 5.73 Å². The summed E-state index contributed by atoms with van der Waals surface area (Å²) in [5.74, 6) is -1.07. The first-order chi connectivity index (χ1) is 7.61. The van der Waals surface area contributed by atoms with Crippen LogP contribution in [0.4, 0.5) is 0 Å². The highest BCUT2D eigenvalue weighted by atomic mass is 16.4. The molecular formula is C11H18N2O3. The summed E-state index contributed by atoms with van der Waals surface area (Å²) < 4.78 is 0. The fourth-order valence-electron chi connectivity index (χ4n) is 2.83. The van der Waals surface area contributed by atoms with E-state index in [0.717, 1.165) is 25.7 Å². The van der Waals surface area contributed by atoms with Crippen molar-refractivity contribution in [3.8, 4) is 0 Å². The molecule has 0 radical (unpaired) electrons. The minimum absolute atomic E-state index is 0.0934. The van der Waals surface area contributed by atoms with Crippen molar-refractivity contribution in [2.75, 3.05) is 0 Å². The average Bonchev–Trinajstić information content (AvgIpc) is 2.40. The zero-order valence-corrected chi connectivity index (χ0v) is 9.26. The Labute approximate surface area is 94.6 Å². The first-order valence-electron chi connectivity index (χ1n) is 5.92. The predicted octanol–water partition coefficient (Wildman–Crippen LogP) is 0.332. The Morgan fingerprint density at radius 2 is 1.88 bits per heavy atom. The first kappa shape index (κ1) is 11.4. The maximum absolute atomic E-state index is 12.0. The molecule has 0 aromatic rings. The van der Waals surface area contributed by atoms with Gasteiger partial charge in [0.15, 0.2) is 0 Å². The van der Waals surface area contributed by atoms with E-state index in [0.29, 0.717) is 12.8 Å². The van der Waals surface area contributed by atoms with E-state index in [2.05, 4.69) is 0 Å². The van der Waals surface area contributed by atoms with Crippen molar-refractivity contribution in [3.05, 3.63) is 0 Å². The Balaban J connectivity index is 2.25. The van der Waals surface area contributed by atoms with Gasteiger partial charge in [-0.25, -0.2) is 4.79 Å². The molecule has 2 aliphatic rings. The SMILES string of the molecule is N[C@H]1CCC[C@H]2CCC[C@@H](C(=O)O)N2C1=O. The standard InChI is InChI=1S/C11H18N2O3/c12-8-5-1-3-7-4-2-6-9(11(15)16)13(7)10(8)14/h7-9H,1-6,12H2,(H,15,16)/t7-,8-,9-/m0/s1. The van der Waals surface area contributed by atoms with Gasteiger partial charge in [-0.15, -0.1) is 0 Å². The van der Waals surface area contributed by atoms with E-state index >= 15 is 0 Å². The normalized spacial score (nSPS) is 35.4. The smallest absolute Gasteiger partial charge is 0.326 e.